The fraction of sp³-hybridized carbons (Fsp3) is 0.250. The molecule has 0 aliphatic heterocycles. The van der Waals surface area contributed by atoms with Crippen LogP contribution in [-0.4, -0.2) is 22.0 Å². The molecular weight excluding hydrogens is 384 g/mol. The number of benzene rings is 2. The number of hydrogen-bond donors (Lipinski definition) is 2. The van der Waals surface area contributed by atoms with Crippen LogP contribution >= 0.6 is 11.3 Å². The second-order valence-corrected chi connectivity index (χ2v) is 9.08. The highest BCUT2D eigenvalue weighted by atomic mass is 32.1. The van der Waals surface area contributed by atoms with Crippen LogP contribution < -0.4 is 0 Å². The summed E-state index contributed by atoms with van der Waals surface area (Å²) in [6.45, 7) is 7.22. The summed E-state index contributed by atoms with van der Waals surface area (Å²) in [5.74, 6) is -2.22. The van der Waals surface area contributed by atoms with Crippen LogP contribution in [-0.2, 0) is 5.41 Å². The van der Waals surface area contributed by atoms with Crippen molar-refractivity contribution in [2.24, 2.45) is 0 Å². The molecular formula is C24H24O4S. The zero-order valence-corrected chi connectivity index (χ0v) is 17.7. The molecule has 29 heavy (non-hydrogen) atoms. The third-order valence-corrected chi connectivity index (χ3v) is 6.01. The third kappa shape index (κ3) is 3.96. The molecule has 3 aromatic rings. The van der Waals surface area contributed by atoms with Gasteiger partial charge in [-0.1, -0.05) is 57.2 Å². The second kappa shape index (κ2) is 7.84. The predicted molar refractivity (Wildman–Crippen MR) is 115 cm³/mol. The number of thiophene rings is 1. The van der Waals surface area contributed by atoms with Crippen molar-refractivity contribution in [3.63, 3.8) is 0 Å². The highest BCUT2D eigenvalue weighted by molar-refractivity contribution is 7.10. The third-order valence-electron chi connectivity index (χ3n) is 5.07. The quantitative estimate of drug-likeness (QED) is 0.525. The Bertz CT molecular complexity index is 1040. The second-order valence-electron chi connectivity index (χ2n) is 8.10. The maximum absolute atomic E-state index is 13.8. The Balaban J connectivity index is 2.26. The van der Waals surface area contributed by atoms with E-state index in [-0.39, 0.29) is 22.7 Å². The average molecular weight is 409 g/mol. The molecule has 2 aromatic carbocycles. The van der Waals surface area contributed by atoms with Crippen molar-refractivity contribution in [3.8, 4) is 5.75 Å². The first-order chi connectivity index (χ1) is 13.6. The molecule has 2 N–H and O–H groups in total. The molecule has 0 fully saturated rings. The largest absolute Gasteiger partial charge is 0.507 e. The maximum atomic E-state index is 13.8. The molecule has 1 heterocycles. The molecule has 4 nitrogen and oxygen atoms in total. The molecule has 0 amide bonds. The number of hydrogen-bond acceptors (Lipinski definition) is 4. The molecule has 150 valence electrons. The zero-order chi connectivity index (χ0) is 21.3. The first kappa shape index (κ1) is 20.8. The lowest BCUT2D eigenvalue weighted by Gasteiger charge is -2.25. The summed E-state index contributed by atoms with van der Waals surface area (Å²) in [6, 6.07) is 14.9. The van der Waals surface area contributed by atoms with Crippen LogP contribution in [0.3, 0.4) is 0 Å². The van der Waals surface area contributed by atoms with Gasteiger partial charge in [0.25, 0.3) is 0 Å². The van der Waals surface area contributed by atoms with Crippen LogP contribution in [0.15, 0.2) is 53.9 Å². The Morgan fingerprint density at radius 2 is 1.69 bits per heavy atom. The fourth-order valence-electron chi connectivity index (χ4n) is 3.56. The molecule has 0 aliphatic carbocycles. The van der Waals surface area contributed by atoms with Crippen LogP contribution in [0, 0.1) is 6.92 Å². The summed E-state index contributed by atoms with van der Waals surface area (Å²) in [5, 5.41) is 22.3. The summed E-state index contributed by atoms with van der Waals surface area (Å²) >= 11 is 1.49. The van der Waals surface area contributed by atoms with E-state index in [0.717, 1.165) is 10.4 Å². The van der Waals surface area contributed by atoms with Gasteiger partial charge in [0.05, 0.1) is 5.92 Å². The Hall–Kier alpha value is -2.92. The van der Waals surface area contributed by atoms with Gasteiger partial charge in [-0.15, -0.1) is 11.3 Å². The summed E-state index contributed by atoms with van der Waals surface area (Å²) in [6.07, 6.45) is 0. The van der Waals surface area contributed by atoms with Crippen LogP contribution in [0.25, 0.3) is 0 Å². The predicted octanol–water partition coefficient (Wildman–Crippen LogP) is 5.77. The average Bonchev–Trinajstić information content (AvgIpc) is 3.15. The number of carboxylic acids is 1. The van der Waals surface area contributed by atoms with Crippen molar-refractivity contribution in [2.75, 3.05) is 0 Å². The van der Waals surface area contributed by atoms with Gasteiger partial charge in [-0.3, -0.25) is 4.79 Å². The van der Waals surface area contributed by atoms with E-state index < -0.39 is 17.3 Å². The SMILES string of the molecule is Cc1c(C(=O)C(c2ccccc2)c2cccs2)cc(C(C)(C)C)c(O)c1C(=O)O. The Morgan fingerprint density at radius 1 is 1.03 bits per heavy atom. The molecule has 1 unspecified atom stereocenters. The van der Waals surface area contributed by atoms with Gasteiger partial charge in [-0.2, -0.15) is 0 Å². The van der Waals surface area contributed by atoms with Crippen molar-refractivity contribution in [1.82, 2.24) is 0 Å². The monoisotopic (exact) mass is 408 g/mol. The van der Waals surface area contributed by atoms with Crippen LogP contribution in [0.4, 0.5) is 0 Å². The zero-order valence-electron chi connectivity index (χ0n) is 16.9. The normalized spacial score (nSPS) is 12.6. The summed E-state index contributed by atoms with van der Waals surface area (Å²) in [7, 11) is 0. The molecule has 5 heteroatoms. The fourth-order valence-corrected chi connectivity index (χ4v) is 4.41. The molecule has 3 rings (SSSR count). The smallest absolute Gasteiger partial charge is 0.339 e. The van der Waals surface area contributed by atoms with Gasteiger partial charge in [0.2, 0.25) is 0 Å². The van der Waals surface area contributed by atoms with E-state index in [2.05, 4.69) is 0 Å². The number of aromatic hydroxyl groups is 1. The Kier molecular flexibility index (Phi) is 5.62. The van der Waals surface area contributed by atoms with Crippen LogP contribution in [0.2, 0.25) is 0 Å². The Labute approximate surface area is 174 Å². The Morgan fingerprint density at radius 3 is 2.21 bits per heavy atom. The van der Waals surface area contributed by atoms with E-state index in [1.165, 1.54) is 11.3 Å². The maximum Gasteiger partial charge on any atom is 0.339 e. The van der Waals surface area contributed by atoms with Gasteiger partial charge in [0, 0.05) is 16.0 Å². The van der Waals surface area contributed by atoms with Gasteiger partial charge in [-0.25, -0.2) is 4.79 Å². The van der Waals surface area contributed by atoms with E-state index >= 15 is 0 Å². The molecule has 0 saturated heterocycles. The standard InChI is InChI=1S/C24H24O4S/c1-14-16(13-17(24(2,3)4)22(26)19(14)23(27)28)21(25)20(18-11-8-12-29-18)15-9-6-5-7-10-15/h5-13,20,26H,1-4H3,(H,27,28). The summed E-state index contributed by atoms with van der Waals surface area (Å²) in [5.41, 5.74) is 1.17. The molecule has 0 radical (unpaired) electrons. The van der Waals surface area contributed by atoms with Gasteiger partial charge in [0.1, 0.15) is 11.3 Å². The minimum absolute atomic E-state index is 0.177. The first-order valence-corrected chi connectivity index (χ1v) is 10.2. The van der Waals surface area contributed by atoms with E-state index in [4.69, 9.17) is 0 Å². The van der Waals surface area contributed by atoms with E-state index in [1.807, 2.05) is 68.6 Å². The van der Waals surface area contributed by atoms with E-state index in [9.17, 15) is 19.8 Å². The van der Waals surface area contributed by atoms with Gasteiger partial charge in [-0.05, 0) is 41.0 Å². The van der Waals surface area contributed by atoms with Crippen molar-refractivity contribution < 1.29 is 19.8 Å². The number of phenols is 1. The number of Topliss-reactive ketones (excluding diaryl/α,β-unsaturated/α-hetero) is 1. The summed E-state index contributed by atoms with van der Waals surface area (Å²) in [4.78, 5) is 26.5. The highest BCUT2D eigenvalue weighted by Gasteiger charge is 2.32. The number of carboxylic acid groups (broad SMARTS) is 1. The molecule has 1 atom stereocenters. The van der Waals surface area contributed by atoms with Crippen molar-refractivity contribution in [1.29, 1.82) is 0 Å². The van der Waals surface area contributed by atoms with Gasteiger partial charge >= 0.3 is 5.97 Å². The first-order valence-electron chi connectivity index (χ1n) is 9.35. The minimum Gasteiger partial charge on any atom is -0.507 e. The topological polar surface area (TPSA) is 74.6 Å². The number of carbonyl (C=O) groups is 2. The molecule has 0 saturated carbocycles. The molecule has 1 aromatic heterocycles. The number of rotatable bonds is 5. The van der Waals surface area contributed by atoms with E-state index in [1.54, 1.807) is 13.0 Å². The lowest BCUT2D eigenvalue weighted by atomic mass is 9.79. The minimum atomic E-state index is -1.24. The van der Waals surface area contributed by atoms with Gasteiger partial charge in [0.15, 0.2) is 5.78 Å². The van der Waals surface area contributed by atoms with E-state index in [0.29, 0.717) is 11.1 Å². The van der Waals surface area contributed by atoms with Crippen LogP contribution in [0.1, 0.15) is 69.0 Å². The number of carbonyl (C=O) groups excluding carboxylic acids is 1. The van der Waals surface area contributed by atoms with Crippen molar-refractivity contribution in [3.05, 3.63) is 86.6 Å². The lowest BCUT2D eigenvalue weighted by Crippen LogP contribution is -2.20. The molecule has 0 aliphatic rings. The van der Waals surface area contributed by atoms with Crippen molar-refractivity contribution in [2.45, 2.75) is 39.0 Å². The van der Waals surface area contributed by atoms with Crippen LogP contribution in [0.5, 0.6) is 5.75 Å². The molecule has 0 bridgehead atoms. The number of aromatic carboxylic acids is 1. The number of ketones is 1. The molecule has 0 spiro atoms. The summed E-state index contributed by atoms with van der Waals surface area (Å²) < 4.78 is 0. The lowest BCUT2D eigenvalue weighted by molar-refractivity contribution is 0.0692. The van der Waals surface area contributed by atoms with Crippen molar-refractivity contribution >= 4 is 23.1 Å². The highest BCUT2D eigenvalue weighted by Crippen LogP contribution is 2.39. The van der Waals surface area contributed by atoms with Gasteiger partial charge < -0.3 is 10.2 Å².